The number of rotatable bonds is 3. The highest BCUT2D eigenvalue weighted by molar-refractivity contribution is 8.19. The van der Waals surface area contributed by atoms with Crippen LogP contribution in [0.25, 0.3) is 0 Å². The highest BCUT2D eigenvalue weighted by atomic mass is 31.6. The molecule has 0 bridgehead atoms. The zero-order valence-corrected chi connectivity index (χ0v) is 22.3. The molecule has 24 heavy (non-hydrogen) atoms. The molecule has 0 aliphatic heterocycles. The van der Waals surface area contributed by atoms with Crippen LogP contribution in [0.4, 0.5) is 0 Å². The third kappa shape index (κ3) is 3.67. The molecule has 0 unspecified atom stereocenters. The summed E-state index contributed by atoms with van der Waals surface area (Å²) in [6.07, 6.45) is 0. The van der Waals surface area contributed by atoms with Crippen molar-refractivity contribution in [3.05, 3.63) is 11.1 Å². The van der Waals surface area contributed by atoms with Crippen LogP contribution >= 0.6 is 7.02 Å². The van der Waals surface area contributed by atoms with Crippen LogP contribution in [0, 0.1) is 16.2 Å². The number of hydrogen-bond acceptors (Lipinski definition) is 0. The molecule has 3 heteroatoms. The van der Waals surface area contributed by atoms with Crippen molar-refractivity contribution >= 4 is 22.5 Å². The maximum Gasteiger partial charge on any atom is 0.0694 e. The van der Waals surface area contributed by atoms with Crippen LogP contribution in [0.5, 0.6) is 0 Å². The summed E-state index contributed by atoms with van der Waals surface area (Å²) < 4.78 is 0. The number of hydrogen-bond donors (Lipinski definition) is 0. The Morgan fingerprint density at radius 3 is 0.958 bits per heavy atom. The molecule has 0 nitrogen and oxygen atoms in total. The van der Waals surface area contributed by atoms with Crippen LogP contribution in [-0.2, 0) is 0 Å². The molecular weight excluding hydrogens is 339 g/mol. The average molecular weight is 385 g/mol. The first-order valence-corrected chi connectivity index (χ1v) is 19.7. The smallest absolute Gasteiger partial charge is 0.0694 e. The maximum atomic E-state index is 2.66. The fourth-order valence-electron chi connectivity index (χ4n) is 5.43. The van der Waals surface area contributed by atoms with Crippen molar-refractivity contribution < 1.29 is 0 Å². The Bertz CT molecular complexity index is 485. The summed E-state index contributed by atoms with van der Waals surface area (Å²) in [5.74, 6) is 0. The topological polar surface area (TPSA) is 0 Å². The Hall–Kier alpha value is 0.604. The van der Waals surface area contributed by atoms with Crippen LogP contribution < -0.4 is 0 Å². The summed E-state index contributed by atoms with van der Waals surface area (Å²) in [4.78, 5) is 0. The minimum Gasteiger partial charge on any atom is -0.115 e. The van der Waals surface area contributed by atoms with Crippen molar-refractivity contribution in [2.24, 2.45) is 16.2 Å². The van der Waals surface area contributed by atoms with Gasteiger partial charge in [0, 0.05) is 5.16 Å². The van der Waals surface area contributed by atoms with E-state index in [1.807, 2.05) is 11.1 Å². The highest BCUT2D eigenvalue weighted by Crippen LogP contribution is 2.84. The fourth-order valence-corrected chi connectivity index (χ4v) is 45.0. The highest BCUT2D eigenvalue weighted by Gasteiger charge is 2.71. The predicted molar refractivity (Wildman–Crippen MR) is 122 cm³/mol. The van der Waals surface area contributed by atoms with E-state index in [2.05, 4.69) is 102 Å². The van der Waals surface area contributed by atoms with E-state index in [4.69, 9.17) is 0 Å². The van der Waals surface area contributed by atoms with Crippen LogP contribution in [0.2, 0.25) is 39.3 Å². The molecule has 0 aromatic rings. The summed E-state index contributed by atoms with van der Waals surface area (Å²) in [6, 6.07) is 0. The van der Waals surface area contributed by atoms with Crippen LogP contribution in [-0.4, -0.2) is 20.6 Å². The number of allylic oxidation sites excluding steroid dienone is 2. The molecule has 0 N–H and O–H groups in total. The van der Waals surface area contributed by atoms with Crippen molar-refractivity contribution in [1.29, 1.82) is 0 Å². The van der Waals surface area contributed by atoms with Gasteiger partial charge in [-0.1, -0.05) is 102 Å². The van der Waals surface area contributed by atoms with Gasteiger partial charge in [-0.25, -0.2) is 0 Å². The van der Waals surface area contributed by atoms with Crippen LogP contribution in [0.15, 0.2) is 11.1 Å². The van der Waals surface area contributed by atoms with Crippen molar-refractivity contribution in [2.45, 2.75) is 107 Å². The Morgan fingerprint density at radius 2 is 0.833 bits per heavy atom. The predicted octanol–water partition coefficient (Wildman–Crippen LogP) is 8.33. The van der Waals surface area contributed by atoms with Gasteiger partial charge >= 0.3 is 0 Å². The second-order valence-electron chi connectivity index (χ2n) is 12.9. The van der Waals surface area contributed by atoms with Gasteiger partial charge in [-0.2, -0.15) is 0 Å². The normalized spacial score (nSPS) is 20.0. The molecule has 1 rings (SSSR count). The third-order valence-corrected chi connectivity index (χ3v) is 31.8. The van der Waals surface area contributed by atoms with E-state index < -0.39 is 15.5 Å². The van der Waals surface area contributed by atoms with Gasteiger partial charge in [-0.3, -0.25) is 0 Å². The fraction of sp³-hybridized carbons (Fsp3) is 0.905. The first kappa shape index (κ1) is 22.6. The first-order valence-electron chi connectivity index (χ1n) is 9.67. The third-order valence-electron chi connectivity index (χ3n) is 5.17. The summed E-state index contributed by atoms with van der Waals surface area (Å²) in [5.41, 5.74) is 4.58. The zero-order chi connectivity index (χ0) is 19.7. The summed E-state index contributed by atoms with van der Waals surface area (Å²) in [7, 11) is -2.49. The minimum atomic E-state index is -1.26. The van der Waals surface area contributed by atoms with Crippen LogP contribution in [0.1, 0.15) is 62.3 Å². The van der Waals surface area contributed by atoms with Gasteiger partial charge in [-0.05, 0) is 27.4 Å². The summed E-state index contributed by atoms with van der Waals surface area (Å²) in [5, 5.41) is 0.397. The van der Waals surface area contributed by atoms with Crippen molar-refractivity contribution in [2.75, 3.05) is 0 Å². The Morgan fingerprint density at radius 1 is 0.583 bits per heavy atom. The van der Waals surface area contributed by atoms with Crippen molar-refractivity contribution in [1.82, 2.24) is 0 Å². The van der Waals surface area contributed by atoms with Crippen molar-refractivity contribution in [3.63, 3.8) is 0 Å². The lowest BCUT2D eigenvalue weighted by Crippen LogP contribution is -2.48. The lowest BCUT2D eigenvalue weighted by molar-refractivity contribution is 0.341. The molecule has 1 aliphatic rings. The zero-order valence-electron chi connectivity index (χ0n) is 19.4. The SMILES string of the molecule is CC(C)(C)C1=C(C(C)(C)C)C1(P([Si](C)(C)C)[Si](C)(C)C)C(C)(C)C. The molecule has 0 amide bonds. The minimum absolute atomic E-state index is 0.0336. The molecule has 1 aliphatic carbocycles. The molecule has 0 spiro atoms. The molecule has 0 radical (unpaired) electrons. The van der Waals surface area contributed by atoms with E-state index in [0.717, 1.165) is 0 Å². The Labute approximate surface area is 156 Å². The lowest BCUT2D eigenvalue weighted by Gasteiger charge is -2.54. The molecular formula is C21H45PSi2. The maximum absolute atomic E-state index is 2.66. The van der Waals surface area contributed by atoms with E-state index in [1.54, 1.807) is 0 Å². The van der Waals surface area contributed by atoms with Gasteiger partial charge in [0.15, 0.2) is 0 Å². The molecule has 0 aromatic carbocycles. The average Bonchev–Trinajstić information content (AvgIpc) is 2.80. The molecule has 0 saturated heterocycles. The van der Waals surface area contributed by atoms with Gasteiger partial charge in [0.05, 0.1) is 15.5 Å². The molecule has 0 fully saturated rings. The second-order valence-corrected chi connectivity index (χ2v) is 35.0. The van der Waals surface area contributed by atoms with Gasteiger partial charge in [0.25, 0.3) is 0 Å². The molecule has 0 atom stereocenters. The van der Waals surface area contributed by atoms with Crippen molar-refractivity contribution in [3.8, 4) is 0 Å². The molecule has 0 saturated carbocycles. The summed E-state index contributed by atoms with van der Waals surface area (Å²) >= 11 is 0. The lowest BCUT2D eigenvalue weighted by atomic mass is 9.77. The van der Waals surface area contributed by atoms with E-state index in [-0.39, 0.29) is 17.8 Å². The van der Waals surface area contributed by atoms with Gasteiger partial charge in [-0.15, -0.1) is 7.02 Å². The second kappa shape index (κ2) is 5.80. The summed E-state index contributed by atoms with van der Waals surface area (Å²) in [6.45, 7) is 38.3. The monoisotopic (exact) mass is 384 g/mol. The van der Waals surface area contributed by atoms with Gasteiger partial charge in [0.1, 0.15) is 0 Å². The Kier molecular flexibility index (Phi) is 5.47. The first-order chi connectivity index (χ1) is 10.1. The quantitative estimate of drug-likeness (QED) is 0.260. The van der Waals surface area contributed by atoms with E-state index in [0.29, 0.717) is 10.6 Å². The standard InChI is InChI=1S/C21H45PSi2/c1-18(2,3)16-17(19(4,5)6)21(16,20(7,8)9)22(23(10,11)12)24(13,14)15/h1-15H3. The van der Waals surface area contributed by atoms with E-state index in [1.165, 1.54) is 0 Å². The van der Waals surface area contributed by atoms with Gasteiger partial charge < -0.3 is 0 Å². The largest absolute Gasteiger partial charge is 0.115 e. The molecule has 0 aromatic heterocycles. The van der Waals surface area contributed by atoms with E-state index in [9.17, 15) is 0 Å². The molecule has 0 heterocycles. The van der Waals surface area contributed by atoms with Crippen LogP contribution in [0.3, 0.4) is 0 Å². The Balaban J connectivity index is 3.84. The van der Waals surface area contributed by atoms with Gasteiger partial charge in [0.2, 0.25) is 0 Å². The van der Waals surface area contributed by atoms with E-state index >= 15 is 0 Å². The molecule has 142 valence electrons.